The zero-order chi connectivity index (χ0) is 27.3. The van der Waals surface area contributed by atoms with Gasteiger partial charge >= 0.3 is 0 Å². The van der Waals surface area contributed by atoms with Gasteiger partial charge in [-0.1, -0.05) is 87.5 Å². The standard InChI is InChI=1S/C35H32FN2O/c1-22-11-16-27-29-20-28(26-14-12-25(13-15-26)24-9-7-6-8-10-24)33(36)37-34(29)39-32(27)31(22)30-19-23(17-18-38(30)5)21-35(2,3)4/h6-20H,21H2,1-5H3/q+1. The second-order valence-electron chi connectivity index (χ2n) is 11.6. The monoisotopic (exact) mass is 515 g/mol. The minimum absolute atomic E-state index is 0.175. The van der Waals surface area contributed by atoms with E-state index in [1.54, 1.807) is 0 Å². The smallest absolute Gasteiger partial charge is 0.230 e. The zero-order valence-corrected chi connectivity index (χ0v) is 23.0. The molecule has 0 saturated heterocycles. The number of benzene rings is 3. The molecule has 0 radical (unpaired) electrons. The molecule has 194 valence electrons. The number of hydrogen-bond donors (Lipinski definition) is 0. The van der Waals surface area contributed by atoms with Crippen LogP contribution in [0, 0.1) is 18.3 Å². The van der Waals surface area contributed by atoms with E-state index in [0.29, 0.717) is 11.3 Å². The number of furan rings is 1. The molecule has 3 heterocycles. The van der Waals surface area contributed by atoms with Gasteiger partial charge in [-0.25, -0.2) is 4.57 Å². The number of rotatable bonds is 4. The first-order valence-corrected chi connectivity index (χ1v) is 13.4. The fourth-order valence-electron chi connectivity index (χ4n) is 5.42. The Morgan fingerprint density at radius 3 is 2.23 bits per heavy atom. The first kappa shape index (κ1) is 25.0. The maximum atomic E-state index is 15.4. The van der Waals surface area contributed by atoms with E-state index in [1.807, 2.05) is 55.6 Å². The summed E-state index contributed by atoms with van der Waals surface area (Å²) < 4.78 is 23.8. The van der Waals surface area contributed by atoms with Crippen molar-refractivity contribution in [2.75, 3.05) is 0 Å². The van der Waals surface area contributed by atoms with Gasteiger partial charge in [0.25, 0.3) is 0 Å². The Hall–Kier alpha value is -4.31. The number of nitrogens with zero attached hydrogens (tertiary/aromatic N) is 2. The summed E-state index contributed by atoms with van der Waals surface area (Å²) >= 11 is 0. The molecule has 6 aromatic rings. The van der Waals surface area contributed by atoms with Crippen molar-refractivity contribution in [1.29, 1.82) is 0 Å². The summed E-state index contributed by atoms with van der Waals surface area (Å²) in [6.07, 6.45) is 3.07. The number of pyridine rings is 2. The van der Waals surface area contributed by atoms with Crippen LogP contribution in [0.3, 0.4) is 0 Å². The van der Waals surface area contributed by atoms with E-state index < -0.39 is 5.95 Å². The average molecular weight is 516 g/mol. The molecule has 0 unspecified atom stereocenters. The lowest BCUT2D eigenvalue weighted by Crippen LogP contribution is -2.31. The van der Waals surface area contributed by atoms with Crippen LogP contribution in [0.15, 0.2) is 95.5 Å². The second-order valence-corrected chi connectivity index (χ2v) is 11.6. The van der Waals surface area contributed by atoms with Crippen LogP contribution in [0.25, 0.3) is 55.6 Å². The summed E-state index contributed by atoms with van der Waals surface area (Å²) in [5, 5.41) is 1.74. The highest BCUT2D eigenvalue weighted by molar-refractivity contribution is 6.09. The molecule has 39 heavy (non-hydrogen) atoms. The van der Waals surface area contributed by atoms with Crippen LogP contribution in [-0.2, 0) is 13.5 Å². The van der Waals surface area contributed by atoms with Crippen LogP contribution in [0.1, 0.15) is 31.9 Å². The largest absolute Gasteiger partial charge is 0.437 e. The quantitative estimate of drug-likeness (QED) is 0.173. The third-order valence-electron chi connectivity index (χ3n) is 7.30. The molecule has 0 aliphatic heterocycles. The molecular formula is C35H32FN2O+. The summed E-state index contributed by atoms with van der Waals surface area (Å²) in [6.45, 7) is 8.83. The van der Waals surface area contributed by atoms with Crippen LogP contribution in [-0.4, -0.2) is 4.98 Å². The summed E-state index contributed by atoms with van der Waals surface area (Å²) in [5.41, 5.74) is 9.13. The van der Waals surface area contributed by atoms with E-state index in [-0.39, 0.29) is 5.41 Å². The molecule has 0 atom stereocenters. The number of aryl methyl sites for hydroxylation is 2. The Morgan fingerprint density at radius 1 is 0.821 bits per heavy atom. The van der Waals surface area contributed by atoms with E-state index in [1.165, 1.54) is 5.56 Å². The summed E-state index contributed by atoms with van der Waals surface area (Å²) in [4.78, 5) is 4.28. The van der Waals surface area contributed by atoms with Crippen molar-refractivity contribution < 1.29 is 13.4 Å². The first-order valence-electron chi connectivity index (χ1n) is 13.4. The Kier molecular flexibility index (Phi) is 6.06. The molecule has 0 aliphatic carbocycles. The third kappa shape index (κ3) is 4.72. The van der Waals surface area contributed by atoms with Crippen molar-refractivity contribution in [3.8, 4) is 33.5 Å². The van der Waals surface area contributed by atoms with Gasteiger partial charge in [0, 0.05) is 28.5 Å². The number of aromatic nitrogens is 2. The molecule has 0 bridgehead atoms. The number of fused-ring (bicyclic) bond motifs is 3. The highest BCUT2D eigenvalue weighted by atomic mass is 19.1. The van der Waals surface area contributed by atoms with Gasteiger partial charge in [0.05, 0.1) is 5.56 Å². The Bertz CT molecular complexity index is 1830. The Balaban J connectivity index is 1.48. The number of hydrogen-bond acceptors (Lipinski definition) is 2. The van der Waals surface area contributed by atoms with Gasteiger partial charge in [-0.15, -0.1) is 0 Å². The molecule has 0 N–H and O–H groups in total. The van der Waals surface area contributed by atoms with Gasteiger partial charge in [-0.3, -0.25) is 0 Å². The molecular weight excluding hydrogens is 483 g/mol. The Morgan fingerprint density at radius 2 is 1.51 bits per heavy atom. The summed E-state index contributed by atoms with van der Waals surface area (Å²) in [5.74, 6) is -0.537. The maximum Gasteiger partial charge on any atom is 0.230 e. The topological polar surface area (TPSA) is 29.9 Å². The molecule has 4 heteroatoms. The lowest BCUT2D eigenvalue weighted by molar-refractivity contribution is -0.660. The molecule has 3 nitrogen and oxygen atoms in total. The molecule has 0 saturated carbocycles. The highest BCUT2D eigenvalue weighted by Crippen LogP contribution is 2.39. The average Bonchev–Trinajstić information content (AvgIpc) is 3.26. The van der Waals surface area contributed by atoms with Crippen molar-refractivity contribution in [2.45, 2.75) is 34.1 Å². The van der Waals surface area contributed by atoms with Gasteiger partial charge in [0.2, 0.25) is 17.4 Å². The maximum absolute atomic E-state index is 15.4. The SMILES string of the molecule is Cc1ccc2c(oc3nc(F)c(-c4ccc(-c5ccccc5)cc4)cc32)c1-c1cc(CC(C)(C)C)cc[n+]1C. The highest BCUT2D eigenvalue weighted by Gasteiger charge is 2.24. The summed E-state index contributed by atoms with van der Waals surface area (Å²) in [7, 11) is 2.05. The number of halogens is 1. The molecule has 0 amide bonds. The van der Waals surface area contributed by atoms with Crippen LogP contribution < -0.4 is 4.57 Å². The minimum atomic E-state index is -0.537. The van der Waals surface area contributed by atoms with Crippen LogP contribution in [0.4, 0.5) is 4.39 Å². The lowest BCUT2D eigenvalue weighted by Gasteiger charge is -2.18. The molecule has 0 fully saturated rings. The fraction of sp³-hybridized carbons (Fsp3) is 0.200. The predicted octanol–water partition coefficient (Wildman–Crippen LogP) is 8.84. The zero-order valence-electron chi connectivity index (χ0n) is 23.0. The fourth-order valence-corrected chi connectivity index (χ4v) is 5.42. The normalized spacial score (nSPS) is 11.9. The molecule has 0 aliphatic rings. The van der Waals surface area contributed by atoms with Gasteiger partial charge < -0.3 is 4.42 Å². The van der Waals surface area contributed by atoms with E-state index in [0.717, 1.165) is 56.3 Å². The minimum Gasteiger partial charge on any atom is -0.437 e. The van der Waals surface area contributed by atoms with E-state index in [9.17, 15) is 0 Å². The van der Waals surface area contributed by atoms with E-state index in [2.05, 4.69) is 79.8 Å². The van der Waals surface area contributed by atoms with Crippen LogP contribution >= 0.6 is 0 Å². The van der Waals surface area contributed by atoms with Crippen LogP contribution in [0.5, 0.6) is 0 Å². The Labute approximate surface area is 228 Å². The third-order valence-corrected chi connectivity index (χ3v) is 7.30. The predicted molar refractivity (Wildman–Crippen MR) is 157 cm³/mol. The van der Waals surface area contributed by atoms with Crippen molar-refractivity contribution in [3.63, 3.8) is 0 Å². The van der Waals surface area contributed by atoms with Gasteiger partial charge in [-0.05, 0) is 52.6 Å². The van der Waals surface area contributed by atoms with Gasteiger partial charge in [-0.2, -0.15) is 9.37 Å². The molecule has 0 spiro atoms. The second kappa shape index (κ2) is 9.46. The van der Waals surface area contributed by atoms with Crippen molar-refractivity contribution in [2.24, 2.45) is 12.5 Å². The molecule has 6 rings (SSSR count). The van der Waals surface area contributed by atoms with Gasteiger partial charge in [0.1, 0.15) is 7.05 Å². The van der Waals surface area contributed by atoms with Crippen molar-refractivity contribution >= 4 is 22.1 Å². The van der Waals surface area contributed by atoms with Crippen molar-refractivity contribution in [1.82, 2.24) is 4.98 Å². The van der Waals surface area contributed by atoms with E-state index >= 15 is 4.39 Å². The molecule has 3 aromatic carbocycles. The molecule has 3 aromatic heterocycles. The first-order chi connectivity index (χ1) is 18.7. The van der Waals surface area contributed by atoms with Crippen molar-refractivity contribution in [3.05, 3.63) is 108 Å². The van der Waals surface area contributed by atoms with Gasteiger partial charge in [0.15, 0.2) is 11.8 Å². The van der Waals surface area contributed by atoms with Crippen LogP contribution in [0.2, 0.25) is 0 Å². The summed E-state index contributed by atoms with van der Waals surface area (Å²) in [6, 6.07) is 28.6. The van der Waals surface area contributed by atoms with E-state index in [4.69, 9.17) is 4.42 Å². The lowest BCUT2D eigenvalue weighted by atomic mass is 9.88.